The summed E-state index contributed by atoms with van der Waals surface area (Å²) in [7, 11) is 0. The van der Waals surface area contributed by atoms with Crippen LogP contribution in [0.4, 0.5) is 0 Å². The summed E-state index contributed by atoms with van der Waals surface area (Å²) in [6.07, 6.45) is 1.69. The normalized spacial score (nSPS) is 13.4. The molecule has 0 aromatic heterocycles. The van der Waals surface area contributed by atoms with E-state index in [-0.39, 0.29) is 0 Å². The van der Waals surface area contributed by atoms with Gasteiger partial charge in [-0.1, -0.05) is 72.8 Å². The Hall–Kier alpha value is -3.92. The van der Waals surface area contributed by atoms with Crippen LogP contribution in [0, 0.1) is 0 Å². The first-order chi connectivity index (χ1) is 16.8. The van der Waals surface area contributed by atoms with E-state index in [0.717, 1.165) is 35.8 Å². The molecule has 0 saturated carbocycles. The van der Waals surface area contributed by atoms with Gasteiger partial charge in [-0.25, -0.2) is 0 Å². The van der Waals surface area contributed by atoms with E-state index in [1.807, 2.05) is 24.3 Å². The third-order valence-electron chi connectivity index (χ3n) is 5.72. The van der Waals surface area contributed by atoms with Crippen molar-refractivity contribution in [2.75, 3.05) is 26.4 Å². The lowest BCUT2D eigenvalue weighted by atomic mass is 10.0. The SMILES string of the molecule is c1ccc(Cc2ccc3c(c2)OCCOc2ccc(Cc4ccccc4)cc2OCCO3)cc1. The zero-order valence-electron chi connectivity index (χ0n) is 19.1. The van der Waals surface area contributed by atoms with E-state index in [1.54, 1.807) is 0 Å². The molecule has 0 fully saturated rings. The molecule has 1 aliphatic heterocycles. The van der Waals surface area contributed by atoms with Gasteiger partial charge in [0.2, 0.25) is 0 Å². The molecule has 0 saturated heterocycles. The van der Waals surface area contributed by atoms with Crippen molar-refractivity contribution in [1.29, 1.82) is 0 Å². The maximum atomic E-state index is 6.07. The Labute approximate surface area is 200 Å². The molecule has 0 unspecified atom stereocenters. The minimum Gasteiger partial charge on any atom is -0.486 e. The number of benzene rings is 4. The van der Waals surface area contributed by atoms with Crippen LogP contribution in [0.1, 0.15) is 22.3 Å². The van der Waals surface area contributed by atoms with E-state index in [2.05, 4.69) is 72.8 Å². The minimum absolute atomic E-state index is 0.413. The van der Waals surface area contributed by atoms with Crippen molar-refractivity contribution in [3.05, 3.63) is 119 Å². The fraction of sp³-hybridized carbons (Fsp3) is 0.200. The zero-order valence-corrected chi connectivity index (χ0v) is 19.1. The number of ether oxygens (including phenoxy) is 4. The third-order valence-corrected chi connectivity index (χ3v) is 5.72. The van der Waals surface area contributed by atoms with E-state index in [1.165, 1.54) is 22.3 Å². The summed E-state index contributed by atoms with van der Waals surface area (Å²) in [5.74, 6) is 2.91. The molecule has 1 heterocycles. The molecule has 5 rings (SSSR count). The fourth-order valence-electron chi connectivity index (χ4n) is 4.06. The average Bonchev–Trinajstić information content (AvgIpc) is 2.87. The zero-order chi connectivity index (χ0) is 23.0. The topological polar surface area (TPSA) is 36.9 Å². The molecule has 0 N–H and O–H groups in total. The van der Waals surface area contributed by atoms with Crippen molar-refractivity contribution in [3.63, 3.8) is 0 Å². The highest BCUT2D eigenvalue weighted by Crippen LogP contribution is 2.32. The summed E-state index contributed by atoms with van der Waals surface area (Å²) in [6.45, 7) is 1.65. The predicted octanol–water partition coefficient (Wildman–Crippen LogP) is 6.10. The third kappa shape index (κ3) is 5.70. The number of hydrogen-bond acceptors (Lipinski definition) is 4. The molecule has 0 radical (unpaired) electrons. The molecular formula is C30H28O4. The van der Waals surface area contributed by atoms with Crippen molar-refractivity contribution in [1.82, 2.24) is 0 Å². The highest BCUT2D eigenvalue weighted by Gasteiger charge is 2.12. The van der Waals surface area contributed by atoms with Crippen LogP contribution in [0.15, 0.2) is 97.1 Å². The number of rotatable bonds is 4. The van der Waals surface area contributed by atoms with Gasteiger partial charge in [0.1, 0.15) is 26.4 Å². The molecule has 0 amide bonds. The van der Waals surface area contributed by atoms with Crippen molar-refractivity contribution in [2.24, 2.45) is 0 Å². The van der Waals surface area contributed by atoms with Gasteiger partial charge in [0, 0.05) is 0 Å². The lowest BCUT2D eigenvalue weighted by molar-refractivity contribution is 0.171. The van der Waals surface area contributed by atoms with Gasteiger partial charge in [0.05, 0.1) is 0 Å². The molecule has 1 aliphatic rings. The highest BCUT2D eigenvalue weighted by atomic mass is 16.6. The van der Waals surface area contributed by atoms with Crippen LogP contribution < -0.4 is 18.9 Å². The molecule has 172 valence electrons. The summed E-state index contributed by atoms with van der Waals surface area (Å²) in [5.41, 5.74) is 4.87. The van der Waals surface area contributed by atoms with E-state index < -0.39 is 0 Å². The van der Waals surface area contributed by atoms with Gasteiger partial charge in [-0.2, -0.15) is 0 Å². The molecule has 4 aromatic carbocycles. The highest BCUT2D eigenvalue weighted by molar-refractivity contribution is 5.46. The molecule has 34 heavy (non-hydrogen) atoms. The van der Waals surface area contributed by atoms with Gasteiger partial charge in [-0.3, -0.25) is 0 Å². The molecule has 4 heteroatoms. The molecule has 0 spiro atoms. The first kappa shape index (κ1) is 21.9. The van der Waals surface area contributed by atoms with Crippen LogP contribution in [0.3, 0.4) is 0 Å². The second-order valence-corrected chi connectivity index (χ2v) is 8.28. The maximum absolute atomic E-state index is 6.07. The Morgan fingerprint density at radius 2 is 0.765 bits per heavy atom. The molecule has 4 aromatic rings. The predicted molar refractivity (Wildman–Crippen MR) is 133 cm³/mol. The van der Waals surface area contributed by atoms with E-state index in [4.69, 9.17) is 18.9 Å². The molecule has 0 atom stereocenters. The van der Waals surface area contributed by atoms with Gasteiger partial charge in [-0.05, 0) is 59.4 Å². The maximum Gasteiger partial charge on any atom is 0.161 e. The molecular weight excluding hydrogens is 424 g/mol. The van der Waals surface area contributed by atoms with Crippen LogP contribution in [-0.2, 0) is 12.8 Å². The van der Waals surface area contributed by atoms with Gasteiger partial charge in [0.25, 0.3) is 0 Å². The Morgan fingerprint density at radius 3 is 1.18 bits per heavy atom. The lowest BCUT2D eigenvalue weighted by Gasteiger charge is -2.18. The first-order valence-electron chi connectivity index (χ1n) is 11.7. The molecule has 0 aliphatic carbocycles. The largest absolute Gasteiger partial charge is 0.486 e. The molecule has 4 nitrogen and oxygen atoms in total. The van der Waals surface area contributed by atoms with Crippen molar-refractivity contribution in [2.45, 2.75) is 12.8 Å². The van der Waals surface area contributed by atoms with Crippen LogP contribution in [0.5, 0.6) is 23.0 Å². The number of hydrogen-bond donors (Lipinski definition) is 0. The minimum atomic E-state index is 0.413. The Bertz CT molecular complexity index is 1110. The fourth-order valence-corrected chi connectivity index (χ4v) is 4.06. The monoisotopic (exact) mass is 452 g/mol. The lowest BCUT2D eigenvalue weighted by Crippen LogP contribution is -2.15. The van der Waals surface area contributed by atoms with E-state index >= 15 is 0 Å². The summed E-state index contributed by atoms with van der Waals surface area (Å²) >= 11 is 0. The first-order valence-corrected chi connectivity index (χ1v) is 11.7. The Kier molecular flexibility index (Phi) is 6.96. The smallest absolute Gasteiger partial charge is 0.161 e. The van der Waals surface area contributed by atoms with Gasteiger partial charge < -0.3 is 18.9 Å². The number of fused-ring (bicyclic) bond motifs is 2. The van der Waals surface area contributed by atoms with Gasteiger partial charge in [-0.15, -0.1) is 0 Å². The van der Waals surface area contributed by atoms with Crippen molar-refractivity contribution < 1.29 is 18.9 Å². The Balaban J connectivity index is 1.27. The quantitative estimate of drug-likeness (QED) is 0.375. The molecule has 0 bridgehead atoms. The summed E-state index contributed by atoms with van der Waals surface area (Å²) in [4.78, 5) is 0. The van der Waals surface area contributed by atoms with E-state index in [9.17, 15) is 0 Å². The van der Waals surface area contributed by atoms with Crippen molar-refractivity contribution >= 4 is 0 Å². The summed E-state index contributed by atoms with van der Waals surface area (Å²) < 4.78 is 24.2. The van der Waals surface area contributed by atoms with Crippen LogP contribution in [0.25, 0.3) is 0 Å². The summed E-state index contributed by atoms with van der Waals surface area (Å²) in [5, 5.41) is 0. The van der Waals surface area contributed by atoms with Crippen LogP contribution in [-0.4, -0.2) is 26.4 Å². The summed E-state index contributed by atoms with van der Waals surface area (Å²) in [6, 6.07) is 33.1. The van der Waals surface area contributed by atoms with Crippen LogP contribution >= 0.6 is 0 Å². The van der Waals surface area contributed by atoms with Gasteiger partial charge >= 0.3 is 0 Å². The second kappa shape index (κ2) is 10.8. The van der Waals surface area contributed by atoms with Gasteiger partial charge in [0.15, 0.2) is 23.0 Å². The van der Waals surface area contributed by atoms with E-state index in [0.29, 0.717) is 26.4 Å². The van der Waals surface area contributed by atoms with Crippen molar-refractivity contribution in [3.8, 4) is 23.0 Å². The van der Waals surface area contributed by atoms with Crippen LogP contribution in [0.2, 0.25) is 0 Å². The standard InChI is InChI=1S/C30H28O4/c1-3-7-23(8-4-1)19-25-11-13-27-29(21-25)33-17-15-32-28-14-12-26(20-24-9-5-2-6-10-24)22-30(28)34-18-16-31-27/h1-14,21-22H,15-20H2. The second-order valence-electron chi connectivity index (χ2n) is 8.28. The average molecular weight is 453 g/mol. The Morgan fingerprint density at radius 1 is 0.382 bits per heavy atom.